The molecule has 0 rings (SSSR count). The van der Waals surface area contributed by atoms with E-state index >= 15 is 0 Å². The summed E-state index contributed by atoms with van der Waals surface area (Å²) in [5, 5.41) is 10.6. The number of phosphoric ester groups is 2. The number of rotatable bonds is 68. The molecule has 19 heteroatoms. The molecule has 0 saturated carbocycles. The van der Waals surface area contributed by atoms with Crippen molar-refractivity contribution in [1.29, 1.82) is 0 Å². The average molecular weight is 1330 g/mol. The van der Waals surface area contributed by atoms with Crippen LogP contribution in [0.5, 0.6) is 0 Å². The Balaban J connectivity index is 5.24. The van der Waals surface area contributed by atoms with Crippen molar-refractivity contribution in [2.45, 2.75) is 369 Å². The summed E-state index contributed by atoms with van der Waals surface area (Å²) in [4.78, 5) is 72.6. The summed E-state index contributed by atoms with van der Waals surface area (Å²) in [7, 11) is -9.90. The molecular weight excluding hydrogens is 1190 g/mol. The van der Waals surface area contributed by atoms with E-state index in [2.05, 4.69) is 55.4 Å². The van der Waals surface area contributed by atoms with Gasteiger partial charge in [0.15, 0.2) is 12.2 Å². The number of unbranched alkanes of at least 4 members (excludes halogenated alkanes) is 34. The van der Waals surface area contributed by atoms with Gasteiger partial charge in [0, 0.05) is 25.7 Å². The Morgan fingerprint density at radius 3 is 0.689 bits per heavy atom. The smallest absolute Gasteiger partial charge is 0.462 e. The van der Waals surface area contributed by atoms with Crippen LogP contribution in [-0.4, -0.2) is 96.7 Å². The van der Waals surface area contributed by atoms with E-state index in [9.17, 15) is 43.2 Å². The number of esters is 4. The quantitative estimate of drug-likeness (QED) is 0.0222. The largest absolute Gasteiger partial charge is 0.472 e. The molecule has 0 amide bonds. The van der Waals surface area contributed by atoms with Crippen LogP contribution in [0.25, 0.3) is 0 Å². The minimum absolute atomic E-state index is 0.105. The van der Waals surface area contributed by atoms with Gasteiger partial charge in [0.25, 0.3) is 0 Å². The molecule has 0 aromatic heterocycles. The normalized spacial score (nSPS) is 14.3. The van der Waals surface area contributed by atoms with Gasteiger partial charge in [0.05, 0.1) is 26.4 Å². The Hall–Kier alpha value is -1.94. The van der Waals surface area contributed by atoms with Crippen LogP contribution in [0.4, 0.5) is 0 Å². The highest BCUT2D eigenvalue weighted by Crippen LogP contribution is 2.45. The topological polar surface area (TPSA) is 237 Å². The lowest BCUT2D eigenvalue weighted by Gasteiger charge is -2.21. The predicted molar refractivity (Wildman–Crippen MR) is 363 cm³/mol. The van der Waals surface area contributed by atoms with Gasteiger partial charge in [-0.2, -0.15) is 0 Å². The standard InChI is InChI=1S/C71H138O17P2/c1-61(2)47-39-31-23-17-13-9-11-15-19-27-37-45-53-70(75)87-66(57-81-68(73)51-43-35-29-21-25-33-41-49-63(5)6)59-85-89(77,78)83-55-65(72)56-84-90(79,80)86-60-67(58-82-69(74)52-44-36-30-22-26-34-42-50-64(7)8)88-71(76)54-46-38-28-20-16-12-10-14-18-24-32-40-48-62(3)4/h61-67,72H,9-60H2,1-8H3,(H,77,78)(H,79,80)/t66-,67-/m1/s1. The second-order valence-corrected chi connectivity index (χ2v) is 30.4. The number of carbonyl (C=O) groups excluding carboxylic acids is 4. The van der Waals surface area contributed by atoms with Crippen LogP contribution in [-0.2, 0) is 65.4 Å². The first-order chi connectivity index (χ1) is 43.1. The van der Waals surface area contributed by atoms with Crippen molar-refractivity contribution in [1.82, 2.24) is 0 Å². The SMILES string of the molecule is CC(C)CCCCCCCCCCCCCCC(=O)O[C@H](COC(=O)CCCCCCCCCC(C)C)COP(=O)(O)OCC(O)COP(=O)(O)OC[C@@H](COC(=O)CCCCCCCCCC(C)C)OC(=O)CCCCCCCCCCCCCCC(C)C. The molecule has 2 unspecified atom stereocenters. The van der Waals surface area contributed by atoms with Crippen molar-refractivity contribution in [3.63, 3.8) is 0 Å². The van der Waals surface area contributed by atoms with E-state index in [1.807, 2.05) is 0 Å². The van der Waals surface area contributed by atoms with Crippen LogP contribution < -0.4 is 0 Å². The van der Waals surface area contributed by atoms with Crippen LogP contribution in [0, 0.1) is 23.7 Å². The maximum absolute atomic E-state index is 13.0. The number of aliphatic hydroxyl groups is 1. The highest BCUT2D eigenvalue weighted by Gasteiger charge is 2.30. The summed E-state index contributed by atoms with van der Waals surface area (Å²) in [5.74, 6) is 0.834. The van der Waals surface area contributed by atoms with E-state index in [0.717, 1.165) is 115 Å². The summed E-state index contributed by atoms with van der Waals surface area (Å²) in [6.07, 6.45) is 43.2. The van der Waals surface area contributed by atoms with E-state index in [4.69, 9.17) is 37.0 Å². The van der Waals surface area contributed by atoms with Crippen LogP contribution in [0.2, 0.25) is 0 Å². The summed E-state index contributed by atoms with van der Waals surface area (Å²) < 4.78 is 68.3. The van der Waals surface area contributed by atoms with E-state index in [1.54, 1.807) is 0 Å². The molecule has 90 heavy (non-hydrogen) atoms. The molecule has 3 N–H and O–H groups in total. The molecule has 0 radical (unpaired) electrons. The lowest BCUT2D eigenvalue weighted by atomic mass is 10.0. The first-order valence-corrected chi connectivity index (χ1v) is 39.7. The van der Waals surface area contributed by atoms with E-state index in [-0.39, 0.29) is 25.7 Å². The molecule has 0 aliphatic rings. The van der Waals surface area contributed by atoms with Crippen LogP contribution >= 0.6 is 15.6 Å². The zero-order chi connectivity index (χ0) is 66.8. The summed E-state index contributed by atoms with van der Waals surface area (Å²) in [6.45, 7) is 14.1. The zero-order valence-corrected chi connectivity index (χ0v) is 60.6. The van der Waals surface area contributed by atoms with Crippen molar-refractivity contribution >= 4 is 39.5 Å². The molecule has 0 aromatic rings. The van der Waals surface area contributed by atoms with E-state index < -0.39 is 97.5 Å². The highest BCUT2D eigenvalue weighted by atomic mass is 31.2. The third-order valence-corrected chi connectivity index (χ3v) is 18.2. The van der Waals surface area contributed by atoms with Gasteiger partial charge in [0.1, 0.15) is 19.3 Å². The number of ether oxygens (including phenoxy) is 4. The average Bonchev–Trinajstić information content (AvgIpc) is 2.80. The Bertz CT molecular complexity index is 1660. The van der Waals surface area contributed by atoms with Gasteiger partial charge in [-0.1, -0.05) is 299 Å². The number of phosphoric acid groups is 2. The fraction of sp³-hybridized carbons (Fsp3) is 0.944. The van der Waals surface area contributed by atoms with Crippen LogP contribution in [0.1, 0.15) is 351 Å². The summed E-state index contributed by atoms with van der Waals surface area (Å²) in [6, 6.07) is 0. The Labute approximate surface area is 549 Å². The molecule has 534 valence electrons. The van der Waals surface area contributed by atoms with Gasteiger partial charge >= 0.3 is 39.5 Å². The minimum atomic E-state index is -4.95. The van der Waals surface area contributed by atoms with Gasteiger partial charge in [0.2, 0.25) is 0 Å². The molecule has 0 aliphatic carbocycles. The van der Waals surface area contributed by atoms with E-state index in [0.29, 0.717) is 37.5 Å². The highest BCUT2D eigenvalue weighted by molar-refractivity contribution is 7.47. The van der Waals surface area contributed by atoms with Gasteiger partial charge < -0.3 is 33.8 Å². The molecule has 4 atom stereocenters. The molecular formula is C71H138O17P2. The van der Waals surface area contributed by atoms with Gasteiger partial charge in [-0.3, -0.25) is 37.3 Å². The molecule has 17 nitrogen and oxygen atoms in total. The Morgan fingerprint density at radius 2 is 0.467 bits per heavy atom. The second-order valence-electron chi connectivity index (χ2n) is 27.5. The monoisotopic (exact) mass is 1320 g/mol. The number of aliphatic hydroxyl groups excluding tert-OH is 1. The molecule has 0 heterocycles. The molecule has 0 spiro atoms. The molecule has 0 bridgehead atoms. The maximum Gasteiger partial charge on any atom is 0.472 e. The van der Waals surface area contributed by atoms with Crippen molar-refractivity contribution in [2.24, 2.45) is 23.7 Å². The first-order valence-electron chi connectivity index (χ1n) is 36.7. The minimum Gasteiger partial charge on any atom is -0.462 e. The van der Waals surface area contributed by atoms with E-state index in [1.165, 1.54) is 141 Å². The predicted octanol–water partition coefficient (Wildman–Crippen LogP) is 20.1. The third kappa shape index (κ3) is 64.8. The van der Waals surface area contributed by atoms with Crippen molar-refractivity contribution < 1.29 is 80.2 Å². The van der Waals surface area contributed by atoms with Crippen molar-refractivity contribution in [3.05, 3.63) is 0 Å². The van der Waals surface area contributed by atoms with Gasteiger partial charge in [-0.15, -0.1) is 0 Å². The fourth-order valence-corrected chi connectivity index (χ4v) is 12.2. The maximum atomic E-state index is 13.0. The van der Waals surface area contributed by atoms with Crippen molar-refractivity contribution in [2.75, 3.05) is 39.6 Å². The lowest BCUT2D eigenvalue weighted by molar-refractivity contribution is -0.161. The first kappa shape index (κ1) is 88.1. The van der Waals surface area contributed by atoms with Crippen molar-refractivity contribution in [3.8, 4) is 0 Å². The Morgan fingerprint density at radius 1 is 0.278 bits per heavy atom. The summed E-state index contributed by atoms with van der Waals surface area (Å²) >= 11 is 0. The fourth-order valence-electron chi connectivity index (χ4n) is 10.7. The Kier molecular flexibility index (Phi) is 59.4. The van der Waals surface area contributed by atoms with Crippen LogP contribution in [0.3, 0.4) is 0 Å². The summed E-state index contributed by atoms with van der Waals surface area (Å²) in [5.41, 5.74) is 0. The molecule has 0 aliphatic heterocycles. The molecule has 0 fully saturated rings. The lowest BCUT2D eigenvalue weighted by Crippen LogP contribution is -2.30. The van der Waals surface area contributed by atoms with Gasteiger partial charge in [-0.25, -0.2) is 9.13 Å². The zero-order valence-electron chi connectivity index (χ0n) is 58.8. The molecule has 0 saturated heterocycles. The second kappa shape index (κ2) is 60.7. The molecule has 0 aromatic carbocycles. The number of carbonyl (C=O) groups is 4. The number of hydrogen-bond acceptors (Lipinski definition) is 15. The third-order valence-electron chi connectivity index (χ3n) is 16.3. The van der Waals surface area contributed by atoms with Crippen LogP contribution in [0.15, 0.2) is 0 Å². The van der Waals surface area contributed by atoms with Gasteiger partial charge in [-0.05, 0) is 49.4 Å². The number of hydrogen-bond donors (Lipinski definition) is 3.